The van der Waals surface area contributed by atoms with Gasteiger partial charge in [0.15, 0.2) is 0 Å². The monoisotopic (exact) mass is 711 g/mol. The third-order valence-corrected chi connectivity index (χ3v) is 11.9. The highest BCUT2D eigenvalue weighted by molar-refractivity contribution is 6.16. The highest BCUT2D eigenvalue weighted by Gasteiger charge is 2.45. The number of anilines is 3. The third-order valence-electron chi connectivity index (χ3n) is 11.9. The van der Waals surface area contributed by atoms with Gasteiger partial charge < -0.3 is 4.90 Å². The van der Waals surface area contributed by atoms with Crippen LogP contribution in [0.3, 0.4) is 0 Å². The van der Waals surface area contributed by atoms with Crippen LogP contribution in [0.25, 0.3) is 54.6 Å². The zero-order chi connectivity index (χ0) is 37.1. The molecule has 0 unspecified atom stereocenters. The van der Waals surface area contributed by atoms with Gasteiger partial charge >= 0.3 is 0 Å². The van der Waals surface area contributed by atoms with Gasteiger partial charge in [-0.15, -0.1) is 0 Å². The van der Waals surface area contributed by atoms with Crippen molar-refractivity contribution in [2.75, 3.05) is 4.90 Å². The van der Waals surface area contributed by atoms with Crippen LogP contribution in [0.1, 0.15) is 22.3 Å². The normalized spacial score (nSPS) is 12.8. The minimum absolute atomic E-state index is 0.499. The van der Waals surface area contributed by atoms with E-state index >= 15 is 0 Å². The minimum atomic E-state index is -0.499. The van der Waals surface area contributed by atoms with Gasteiger partial charge in [0.25, 0.3) is 0 Å². The third kappa shape index (κ3) is 4.95. The first kappa shape index (κ1) is 32.2. The molecular weight excluding hydrogens is 675 g/mol. The molecule has 1 aliphatic carbocycles. The Morgan fingerprint density at radius 2 is 0.804 bits per heavy atom. The molecular formula is C55H37N. The Balaban J connectivity index is 1.11. The van der Waals surface area contributed by atoms with Crippen LogP contribution in [0, 0.1) is 0 Å². The molecule has 262 valence electrons. The quantitative estimate of drug-likeness (QED) is 0.149. The first-order valence-electron chi connectivity index (χ1n) is 19.4. The molecule has 56 heavy (non-hydrogen) atoms. The van der Waals surface area contributed by atoms with Gasteiger partial charge in [-0.3, -0.25) is 0 Å². The lowest BCUT2D eigenvalue weighted by molar-refractivity contribution is 0.771. The Kier molecular flexibility index (Phi) is 7.47. The second kappa shape index (κ2) is 13.0. The zero-order valence-electron chi connectivity index (χ0n) is 30.8. The summed E-state index contributed by atoms with van der Waals surface area (Å²) in [6.45, 7) is 0. The molecule has 10 aromatic carbocycles. The number of hydrogen-bond donors (Lipinski definition) is 0. The predicted molar refractivity (Wildman–Crippen MR) is 236 cm³/mol. The van der Waals surface area contributed by atoms with Crippen molar-refractivity contribution in [2.45, 2.75) is 5.41 Å². The standard InChI is InChI=1S/C55H37N/c1-3-13-38(14-4-1)39-29-33-46(34-30-39)56(47-35-31-41(32-36-47)50-24-9-16-40-15-7-8-23-49(40)50)48-22-12-21-45(37-48)55(44-19-5-2-6-20-44)51-25-10-17-42-27-28-43-18-11-26-52(55)54(43)53(42)51/h1-37H. The van der Waals surface area contributed by atoms with Gasteiger partial charge in [-0.1, -0.05) is 188 Å². The van der Waals surface area contributed by atoms with E-state index in [1.807, 2.05) is 0 Å². The van der Waals surface area contributed by atoms with Crippen LogP contribution in [0.15, 0.2) is 224 Å². The van der Waals surface area contributed by atoms with Crippen molar-refractivity contribution >= 4 is 49.4 Å². The molecule has 0 saturated carbocycles. The van der Waals surface area contributed by atoms with Gasteiger partial charge in [0.2, 0.25) is 0 Å². The molecule has 0 atom stereocenters. The fourth-order valence-electron chi connectivity index (χ4n) is 9.43. The van der Waals surface area contributed by atoms with E-state index in [9.17, 15) is 0 Å². The first-order valence-corrected chi connectivity index (χ1v) is 19.4. The fourth-order valence-corrected chi connectivity index (χ4v) is 9.43. The average Bonchev–Trinajstić information content (AvgIpc) is 3.59. The SMILES string of the molecule is c1ccc(-c2ccc(N(c3ccc(-c4cccc5ccccc45)cc3)c3cccc(C4(c5ccccc5)c5cccc6ccc7cccc4c7c56)c3)cc2)cc1. The lowest BCUT2D eigenvalue weighted by Gasteiger charge is -2.35. The average molecular weight is 712 g/mol. The van der Waals surface area contributed by atoms with Crippen molar-refractivity contribution < 1.29 is 0 Å². The zero-order valence-corrected chi connectivity index (χ0v) is 30.8. The van der Waals surface area contributed by atoms with E-state index in [1.54, 1.807) is 0 Å². The van der Waals surface area contributed by atoms with E-state index in [0.717, 1.165) is 17.1 Å². The minimum Gasteiger partial charge on any atom is -0.310 e. The summed E-state index contributed by atoms with van der Waals surface area (Å²) in [5.74, 6) is 0. The molecule has 0 aliphatic heterocycles. The maximum absolute atomic E-state index is 2.43. The molecule has 0 bridgehead atoms. The smallest absolute Gasteiger partial charge is 0.0714 e. The molecule has 10 aromatic rings. The van der Waals surface area contributed by atoms with Gasteiger partial charge in [-0.2, -0.15) is 0 Å². The molecule has 0 saturated heterocycles. The maximum Gasteiger partial charge on any atom is 0.0714 e. The molecule has 0 fully saturated rings. The topological polar surface area (TPSA) is 3.24 Å². The van der Waals surface area contributed by atoms with Gasteiger partial charge in [-0.25, -0.2) is 0 Å². The Hall–Kier alpha value is -7.22. The van der Waals surface area contributed by atoms with Crippen LogP contribution < -0.4 is 4.90 Å². The number of nitrogens with zero attached hydrogens (tertiary/aromatic N) is 1. The predicted octanol–water partition coefficient (Wildman–Crippen LogP) is 14.6. The lowest BCUT2D eigenvalue weighted by atomic mass is 9.67. The van der Waals surface area contributed by atoms with Crippen LogP contribution in [-0.2, 0) is 5.41 Å². The fraction of sp³-hybridized carbons (Fsp3) is 0.0182. The van der Waals surface area contributed by atoms with Crippen molar-refractivity contribution in [1.29, 1.82) is 0 Å². The van der Waals surface area contributed by atoms with E-state index in [2.05, 4.69) is 229 Å². The molecule has 0 amide bonds. The highest BCUT2D eigenvalue weighted by Crippen LogP contribution is 2.56. The molecule has 1 heteroatoms. The van der Waals surface area contributed by atoms with E-state index in [0.29, 0.717) is 0 Å². The summed E-state index contributed by atoms with van der Waals surface area (Å²) in [5, 5.41) is 7.78. The molecule has 0 N–H and O–H groups in total. The van der Waals surface area contributed by atoms with Crippen molar-refractivity contribution in [3.63, 3.8) is 0 Å². The lowest BCUT2D eigenvalue weighted by Crippen LogP contribution is -2.29. The number of rotatable bonds is 7. The molecule has 0 heterocycles. The summed E-state index contributed by atoms with van der Waals surface area (Å²) in [6, 6.07) is 82.5. The van der Waals surface area contributed by atoms with Crippen molar-refractivity contribution in [3.8, 4) is 22.3 Å². The summed E-state index contributed by atoms with van der Waals surface area (Å²) >= 11 is 0. The largest absolute Gasteiger partial charge is 0.310 e. The molecule has 0 radical (unpaired) electrons. The van der Waals surface area contributed by atoms with Gasteiger partial charge in [-0.05, 0) is 113 Å². The van der Waals surface area contributed by atoms with E-state index in [1.165, 1.54) is 76.8 Å². The molecule has 0 spiro atoms. The van der Waals surface area contributed by atoms with Crippen LogP contribution in [-0.4, -0.2) is 0 Å². The number of hydrogen-bond acceptors (Lipinski definition) is 1. The van der Waals surface area contributed by atoms with Crippen LogP contribution in [0.4, 0.5) is 17.1 Å². The first-order chi connectivity index (χ1) is 27.8. The Morgan fingerprint density at radius 3 is 1.48 bits per heavy atom. The van der Waals surface area contributed by atoms with Gasteiger partial charge in [0, 0.05) is 17.1 Å². The number of fused-ring (bicyclic) bond motifs is 1. The summed E-state index contributed by atoms with van der Waals surface area (Å²) in [6.07, 6.45) is 0. The van der Waals surface area contributed by atoms with Crippen LogP contribution in [0.5, 0.6) is 0 Å². The summed E-state index contributed by atoms with van der Waals surface area (Å²) in [7, 11) is 0. The van der Waals surface area contributed by atoms with Crippen LogP contribution in [0.2, 0.25) is 0 Å². The summed E-state index contributed by atoms with van der Waals surface area (Å²) < 4.78 is 0. The van der Waals surface area contributed by atoms with Crippen molar-refractivity contribution in [2.24, 2.45) is 0 Å². The second-order valence-electron chi connectivity index (χ2n) is 14.9. The molecule has 11 rings (SSSR count). The summed E-state index contributed by atoms with van der Waals surface area (Å²) in [5.41, 5.74) is 12.9. The highest BCUT2D eigenvalue weighted by atomic mass is 15.1. The molecule has 1 nitrogen and oxygen atoms in total. The molecule has 0 aromatic heterocycles. The summed E-state index contributed by atoms with van der Waals surface area (Å²) in [4.78, 5) is 2.41. The Morgan fingerprint density at radius 1 is 0.304 bits per heavy atom. The Bertz CT molecular complexity index is 2990. The molecule has 1 aliphatic rings. The van der Waals surface area contributed by atoms with Crippen molar-refractivity contribution in [1.82, 2.24) is 0 Å². The van der Waals surface area contributed by atoms with E-state index in [-0.39, 0.29) is 0 Å². The Labute approximate surface area is 327 Å². The maximum atomic E-state index is 2.43. The van der Waals surface area contributed by atoms with Crippen molar-refractivity contribution in [3.05, 3.63) is 247 Å². The number of benzene rings is 10. The van der Waals surface area contributed by atoms with E-state index in [4.69, 9.17) is 0 Å². The van der Waals surface area contributed by atoms with E-state index < -0.39 is 5.41 Å². The van der Waals surface area contributed by atoms with Crippen LogP contribution >= 0.6 is 0 Å². The van der Waals surface area contributed by atoms with Gasteiger partial charge in [0.1, 0.15) is 0 Å². The van der Waals surface area contributed by atoms with Gasteiger partial charge in [0.05, 0.1) is 5.41 Å². The second-order valence-corrected chi connectivity index (χ2v) is 14.9.